The van der Waals surface area contributed by atoms with Crippen molar-refractivity contribution < 1.29 is 4.79 Å². The van der Waals surface area contributed by atoms with Gasteiger partial charge < -0.3 is 5.32 Å². The highest BCUT2D eigenvalue weighted by molar-refractivity contribution is 5.81. The molecule has 1 N–H and O–H groups in total. The van der Waals surface area contributed by atoms with E-state index in [-0.39, 0.29) is 23.9 Å². The second-order valence-electron chi connectivity index (χ2n) is 5.28. The largest absolute Gasteiger partial charge is 0.352 e. The molecule has 0 aliphatic rings. The van der Waals surface area contributed by atoms with E-state index in [4.69, 9.17) is 0 Å². The maximum Gasteiger partial charge on any atom is 0.241 e. The van der Waals surface area contributed by atoms with Crippen molar-refractivity contribution in [3.05, 3.63) is 40.7 Å². The molecule has 0 saturated carbocycles. The van der Waals surface area contributed by atoms with Crippen LogP contribution in [0.5, 0.6) is 0 Å². The lowest BCUT2D eigenvalue weighted by molar-refractivity contribution is -0.122. The summed E-state index contributed by atoms with van der Waals surface area (Å²) in [5, 5.41) is 7.55. The second-order valence-corrected chi connectivity index (χ2v) is 5.28. The zero-order chi connectivity index (χ0) is 14.7. The van der Waals surface area contributed by atoms with Gasteiger partial charge in [-0.2, -0.15) is 5.10 Å². The first kappa shape index (κ1) is 14.2. The van der Waals surface area contributed by atoms with Crippen molar-refractivity contribution in [2.45, 2.75) is 33.4 Å². The molecule has 5 heteroatoms. The van der Waals surface area contributed by atoms with E-state index in [2.05, 4.69) is 24.3 Å². The maximum absolute atomic E-state index is 12.0. The Morgan fingerprint density at radius 1 is 1.30 bits per heavy atom. The van der Waals surface area contributed by atoms with Crippen molar-refractivity contribution in [1.82, 2.24) is 15.1 Å². The number of nitrogens with zero attached hydrogens (tertiary/aromatic N) is 2. The molecule has 1 aromatic carbocycles. The van der Waals surface area contributed by atoms with E-state index in [1.807, 2.05) is 13.0 Å². The quantitative estimate of drug-likeness (QED) is 0.919. The van der Waals surface area contributed by atoms with E-state index >= 15 is 0 Å². The minimum absolute atomic E-state index is 0.104. The first-order valence-corrected chi connectivity index (χ1v) is 6.73. The molecular formula is C15H19N3O2. The van der Waals surface area contributed by atoms with E-state index in [0.29, 0.717) is 16.8 Å². The first-order chi connectivity index (χ1) is 9.49. The van der Waals surface area contributed by atoms with Crippen LogP contribution < -0.4 is 10.7 Å². The second kappa shape index (κ2) is 5.86. The molecule has 1 heterocycles. The minimum atomic E-state index is -0.132. The number of nitrogens with one attached hydrogen (secondary N) is 1. The van der Waals surface area contributed by atoms with Gasteiger partial charge in [0.2, 0.25) is 11.3 Å². The number of carbonyl (C=O) groups excluding carboxylic acids is 1. The highest BCUT2D eigenvalue weighted by atomic mass is 16.2. The summed E-state index contributed by atoms with van der Waals surface area (Å²) in [6.07, 6.45) is 1.25. The summed E-state index contributed by atoms with van der Waals surface area (Å²) in [4.78, 5) is 23.7. The van der Waals surface area contributed by atoms with Gasteiger partial charge in [-0.05, 0) is 25.0 Å². The van der Waals surface area contributed by atoms with Gasteiger partial charge in [0.1, 0.15) is 6.54 Å². The fraction of sp³-hybridized carbons (Fsp3) is 0.400. The molecule has 1 unspecified atom stereocenters. The highest BCUT2D eigenvalue weighted by Crippen LogP contribution is 2.07. The van der Waals surface area contributed by atoms with Crippen LogP contribution in [0.15, 0.2) is 35.3 Å². The number of rotatable bonds is 4. The molecule has 0 aliphatic heterocycles. The van der Waals surface area contributed by atoms with Crippen molar-refractivity contribution in [2.24, 2.45) is 5.92 Å². The smallest absolute Gasteiger partial charge is 0.241 e. The van der Waals surface area contributed by atoms with Crippen LogP contribution in [-0.2, 0) is 11.3 Å². The molecule has 0 aliphatic carbocycles. The van der Waals surface area contributed by atoms with Gasteiger partial charge in [-0.15, -0.1) is 0 Å². The Balaban J connectivity index is 2.24. The minimum Gasteiger partial charge on any atom is -0.352 e. The van der Waals surface area contributed by atoms with Crippen molar-refractivity contribution in [1.29, 1.82) is 0 Å². The summed E-state index contributed by atoms with van der Waals surface area (Å²) >= 11 is 0. The SMILES string of the molecule is CC(C)C(C)NC(=O)Cn1ncc(=O)c2ccccc21. The Kier molecular flexibility index (Phi) is 4.17. The number of hydrogen-bond acceptors (Lipinski definition) is 3. The monoisotopic (exact) mass is 273 g/mol. The van der Waals surface area contributed by atoms with Crippen molar-refractivity contribution in [3.63, 3.8) is 0 Å². The topological polar surface area (TPSA) is 64.0 Å². The fourth-order valence-electron chi connectivity index (χ4n) is 1.89. The predicted molar refractivity (Wildman–Crippen MR) is 78.4 cm³/mol. The van der Waals surface area contributed by atoms with E-state index in [9.17, 15) is 9.59 Å². The molecule has 106 valence electrons. The fourth-order valence-corrected chi connectivity index (χ4v) is 1.89. The molecule has 2 rings (SSSR count). The lowest BCUT2D eigenvalue weighted by Gasteiger charge is -2.18. The average Bonchev–Trinajstić information content (AvgIpc) is 2.42. The highest BCUT2D eigenvalue weighted by Gasteiger charge is 2.12. The van der Waals surface area contributed by atoms with Crippen LogP contribution in [0.4, 0.5) is 0 Å². The van der Waals surface area contributed by atoms with Gasteiger partial charge in [0.05, 0.1) is 11.7 Å². The third kappa shape index (κ3) is 3.04. The summed E-state index contributed by atoms with van der Waals surface area (Å²) in [6, 6.07) is 7.27. The normalized spacial score (nSPS) is 12.6. The molecule has 20 heavy (non-hydrogen) atoms. The van der Waals surface area contributed by atoms with Gasteiger partial charge >= 0.3 is 0 Å². The Morgan fingerprint density at radius 2 is 2.00 bits per heavy atom. The van der Waals surface area contributed by atoms with E-state index in [1.54, 1.807) is 22.9 Å². The van der Waals surface area contributed by atoms with E-state index < -0.39 is 0 Å². The third-order valence-electron chi connectivity index (χ3n) is 3.44. The molecule has 0 fully saturated rings. The van der Waals surface area contributed by atoms with Crippen LogP contribution in [0.1, 0.15) is 20.8 Å². The van der Waals surface area contributed by atoms with Crippen LogP contribution in [0.25, 0.3) is 10.9 Å². The van der Waals surface area contributed by atoms with Gasteiger partial charge in [-0.3, -0.25) is 14.3 Å². The lowest BCUT2D eigenvalue weighted by Crippen LogP contribution is -2.38. The van der Waals surface area contributed by atoms with Crippen LogP contribution in [-0.4, -0.2) is 21.7 Å². The van der Waals surface area contributed by atoms with Crippen molar-refractivity contribution in [3.8, 4) is 0 Å². The molecule has 0 bridgehead atoms. The number of benzene rings is 1. The third-order valence-corrected chi connectivity index (χ3v) is 3.44. The van der Waals surface area contributed by atoms with Gasteiger partial charge in [0, 0.05) is 11.4 Å². The zero-order valence-electron chi connectivity index (χ0n) is 12.0. The molecule has 2 aromatic rings. The van der Waals surface area contributed by atoms with E-state index in [0.717, 1.165) is 0 Å². The summed E-state index contributed by atoms with van der Waals surface area (Å²) < 4.78 is 1.55. The van der Waals surface area contributed by atoms with Gasteiger partial charge in [-0.1, -0.05) is 26.0 Å². The van der Waals surface area contributed by atoms with Crippen LogP contribution in [0.3, 0.4) is 0 Å². The van der Waals surface area contributed by atoms with Crippen LogP contribution in [0.2, 0.25) is 0 Å². The Bertz CT molecular complexity index is 676. The lowest BCUT2D eigenvalue weighted by atomic mass is 10.1. The Hall–Kier alpha value is -2.17. The molecule has 1 aromatic heterocycles. The summed E-state index contributed by atoms with van der Waals surface area (Å²) in [5.41, 5.74) is 0.542. The molecule has 5 nitrogen and oxygen atoms in total. The number of carbonyl (C=O) groups is 1. The summed E-state index contributed by atoms with van der Waals surface area (Å²) in [5.74, 6) is 0.269. The number of fused-ring (bicyclic) bond motifs is 1. The number of amides is 1. The van der Waals surface area contributed by atoms with E-state index in [1.165, 1.54) is 6.20 Å². The molecule has 0 spiro atoms. The van der Waals surface area contributed by atoms with Gasteiger partial charge in [0.25, 0.3) is 0 Å². The Morgan fingerprint density at radius 3 is 2.70 bits per heavy atom. The standard InChI is InChI=1S/C15H19N3O2/c1-10(2)11(3)17-15(20)9-18-13-7-5-4-6-12(13)14(19)8-16-18/h4-8,10-11H,9H2,1-3H3,(H,17,20). The van der Waals surface area contributed by atoms with Crippen LogP contribution >= 0.6 is 0 Å². The molecule has 0 saturated heterocycles. The van der Waals surface area contributed by atoms with Gasteiger partial charge in [0.15, 0.2) is 0 Å². The predicted octanol–water partition coefficient (Wildman–Crippen LogP) is 1.56. The molecular weight excluding hydrogens is 254 g/mol. The number of para-hydroxylation sites is 1. The molecule has 1 amide bonds. The average molecular weight is 273 g/mol. The zero-order valence-corrected chi connectivity index (χ0v) is 12.0. The first-order valence-electron chi connectivity index (χ1n) is 6.73. The van der Waals surface area contributed by atoms with Crippen molar-refractivity contribution in [2.75, 3.05) is 0 Å². The Labute approximate surface area is 117 Å². The summed E-state index contributed by atoms with van der Waals surface area (Å²) in [6.45, 7) is 6.19. The van der Waals surface area contributed by atoms with Crippen LogP contribution in [0, 0.1) is 5.92 Å². The van der Waals surface area contributed by atoms with Gasteiger partial charge in [-0.25, -0.2) is 0 Å². The van der Waals surface area contributed by atoms with Crippen molar-refractivity contribution >= 4 is 16.8 Å². The number of aromatic nitrogens is 2. The molecule has 1 atom stereocenters. The maximum atomic E-state index is 12.0. The molecule has 0 radical (unpaired) electrons. The summed E-state index contributed by atoms with van der Waals surface area (Å²) in [7, 11) is 0. The number of hydrogen-bond donors (Lipinski definition) is 1.